The molecule has 0 radical (unpaired) electrons. The molecule has 0 aliphatic heterocycles. The van der Waals surface area contributed by atoms with Crippen LogP contribution in [-0.2, 0) is 11.3 Å². The van der Waals surface area contributed by atoms with E-state index in [2.05, 4.69) is 10.9 Å². The number of nitrogens with zero attached hydrogens (tertiary/aromatic N) is 2. The molecule has 20 heavy (non-hydrogen) atoms. The molecule has 0 bridgehead atoms. The number of carbonyl (C=O) groups is 1. The monoisotopic (exact) mass is 286 g/mol. The lowest BCUT2D eigenvalue weighted by Crippen LogP contribution is -2.16. The van der Waals surface area contributed by atoms with Crippen LogP contribution >= 0.6 is 11.3 Å². The summed E-state index contributed by atoms with van der Waals surface area (Å²) in [6, 6.07) is 5.77. The van der Waals surface area contributed by atoms with Crippen molar-refractivity contribution in [2.45, 2.75) is 19.4 Å². The highest BCUT2D eigenvalue weighted by Gasteiger charge is 2.29. The highest BCUT2D eigenvalue weighted by molar-refractivity contribution is 7.16. The molecule has 1 amide bonds. The van der Waals surface area contributed by atoms with Gasteiger partial charge in [-0.3, -0.25) is 4.79 Å². The van der Waals surface area contributed by atoms with E-state index < -0.39 is 0 Å². The molecule has 1 aromatic heterocycles. The highest BCUT2D eigenvalue weighted by atomic mass is 32.1. The maximum Gasteiger partial charge on any atom is 0.251 e. The van der Waals surface area contributed by atoms with Crippen LogP contribution in [0.4, 0.5) is 0 Å². The summed E-state index contributed by atoms with van der Waals surface area (Å²) in [6.45, 7) is 0.406. The summed E-state index contributed by atoms with van der Waals surface area (Å²) < 4.78 is 8.14. The van der Waals surface area contributed by atoms with Crippen molar-refractivity contribution in [2.24, 2.45) is 10.9 Å². The molecule has 0 spiro atoms. The third-order valence-corrected chi connectivity index (χ3v) is 4.31. The fraction of sp³-hybridized carbons (Fsp3) is 0.333. The van der Waals surface area contributed by atoms with Crippen molar-refractivity contribution in [2.75, 3.05) is 7.11 Å². The third kappa shape index (κ3) is 2.35. The summed E-state index contributed by atoms with van der Waals surface area (Å²) in [5, 5.41) is 0. The van der Waals surface area contributed by atoms with E-state index in [1.807, 2.05) is 22.8 Å². The van der Waals surface area contributed by atoms with Gasteiger partial charge in [0.15, 0.2) is 4.80 Å². The number of fused-ring (bicyclic) bond motifs is 1. The molecule has 5 heteroatoms. The first-order valence-corrected chi connectivity index (χ1v) is 7.24. The maximum absolute atomic E-state index is 11.9. The molecular formula is C15H14N2O2S. The second-order valence-electron chi connectivity index (χ2n) is 4.73. The lowest BCUT2D eigenvalue weighted by Gasteiger charge is -2.01. The molecule has 0 unspecified atom stereocenters. The van der Waals surface area contributed by atoms with Gasteiger partial charge in [-0.25, -0.2) is 0 Å². The van der Waals surface area contributed by atoms with Crippen molar-refractivity contribution in [3.63, 3.8) is 0 Å². The normalized spacial score (nSPS) is 15.3. The van der Waals surface area contributed by atoms with Crippen LogP contribution in [-0.4, -0.2) is 17.6 Å². The van der Waals surface area contributed by atoms with E-state index >= 15 is 0 Å². The highest BCUT2D eigenvalue weighted by Crippen LogP contribution is 2.30. The number of carbonyl (C=O) groups excluding carboxylic acids is 1. The molecular weight excluding hydrogens is 272 g/mol. The molecule has 1 saturated carbocycles. The molecule has 1 aliphatic carbocycles. The van der Waals surface area contributed by atoms with Crippen LogP contribution in [0.3, 0.4) is 0 Å². The van der Waals surface area contributed by atoms with Gasteiger partial charge in [0.25, 0.3) is 5.91 Å². The molecule has 0 N–H and O–H groups in total. The van der Waals surface area contributed by atoms with E-state index in [-0.39, 0.29) is 11.8 Å². The van der Waals surface area contributed by atoms with Gasteiger partial charge < -0.3 is 9.30 Å². The second kappa shape index (κ2) is 5.14. The fourth-order valence-electron chi connectivity index (χ4n) is 2.03. The number of rotatable bonds is 3. The Bertz CT molecular complexity index is 775. The topological polar surface area (TPSA) is 43.6 Å². The van der Waals surface area contributed by atoms with E-state index in [1.54, 1.807) is 7.11 Å². The molecule has 4 nitrogen and oxygen atoms in total. The van der Waals surface area contributed by atoms with Crippen molar-refractivity contribution >= 4 is 27.5 Å². The Balaban J connectivity index is 2.16. The van der Waals surface area contributed by atoms with Crippen molar-refractivity contribution in [3.8, 4) is 18.1 Å². The van der Waals surface area contributed by atoms with Crippen LogP contribution < -0.4 is 9.54 Å². The predicted octanol–water partition coefficient (Wildman–Crippen LogP) is 2.18. The van der Waals surface area contributed by atoms with Crippen molar-refractivity contribution in [3.05, 3.63) is 23.0 Å². The second-order valence-corrected chi connectivity index (χ2v) is 5.74. The van der Waals surface area contributed by atoms with Gasteiger partial charge in [0.1, 0.15) is 5.75 Å². The first kappa shape index (κ1) is 12.9. The predicted molar refractivity (Wildman–Crippen MR) is 78.5 cm³/mol. The van der Waals surface area contributed by atoms with Gasteiger partial charge >= 0.3 is 0 Å². The average Bonchev–Trinajstić information content (AvgIpc) is 3.24. The molecule has 1 aliphatic rings. The number of aromatic nitrogens is 1. The SMILES string of the molecule is C#CCn1c(=NC(=O)C2CC2)sc2cc(OC)ccc21. The Kier molecular flexibility index (Phi) is 3.33. The Labute approximate surface area is 120 Å². The summed E-state index contributed by atoms with van der Waals surface area (Å²) in [5.41, 5.74) is 0.982. The molecule has 2 aromatic rings. The van der Waals surface area contributed by atoms with Crippen LogP contribution in [0.25, 0.3) is 10.2 Å². The minimum Gasteiger partial charge on any atom is -0.497 e. The molecule has 0 saturated heterocycles. The lowest BCUT2D eigenvalue weighted by atomic mass is 10.3. The van der Waals surface area contributed by atoms with Gasteiger partial charge in [-0.2, -0.15) is 4.99 Å². The third-order valence-electron chi connectivity index (χ3n) is 3.27. The van der Waals surface area contributed by atoms with Crippen molar-refractivity contribution in [1.29, 1.82) is 0 Å². The van der Waals surface area contributed by atoms with Crippen molar-refractivity contribution in [1.82, 2.24) is 4.57 Å². The first-order valence-electron chi connectivity index (χ1n) is 6.42. The number of amides is 1. The van der Waals surface area contributed by atoms with E-state index in [0.717, 1.165) is 28.8 Å². The van der Waals surface area contributed by atoms with Crippen LogP contribution in [0, 0.1) is 18.3 Å². The zero-order valence-corrected chi connectivity index (χ0v) is 11.9. The number of terminal acetylenes is 1. The van der Waals surface area contributed by atoms with Gasteiger partial charge in [-0.1, -0.05) is 17.3 Å². The number of benzene rings is 1. The summed E-state index contributed by atoms with van der Waals surface area (Å²) in [5.74, 6) is 3.49. The quantitative estimate of drug-likeness (QED) is 0.812. The zero-order valence-electron chi connectivity index (χ0n) is 11.1. The Morgan fingerprint density at radius 1 is 1.60 bits per heavy atom. The van der Waals surface area contributed by atoms with E-state index in [0.29, 0.717) is 11.3 Å². The summed E-state index contributed by atoms with van der Waals surface area (Å²) in [6.07, 6.45) is 7.33. The van der Waals surface area contributed by atoms with E-state index in [4.69, 9.17) is 11.2 Å². The maximum atomic E-state index is 11.9. The molecule has 1 fully saturated rings. The van der Waals surface area contributed by atoms with Crippen LogP contribution in [0.2, 0.25) is 0 Å². The van der Waals surface area contributed by atoms with Gasteiger partial charge in [-0.05, 0) is 31.0 Å². The molecule has 0 atom stereocenters. The number of ether oxygens (including phenoxy) is 1. The van der Waals surface area contributed by atoms with Crippen LogP contribution in [0.1, 0.15) is 12.8 Å². The molecule has 102 valence electrons. The van der Waals surface area contributed by atoms with E-state index in [1.165, 1.54) is 11.3 Å². The molecule has 3 rings (SSSR count). The number of thiazole rings is 1. The number of methoxy groups -OCH3 is 1. The lowest BCUT2D eigenvalue weighted by molar-refractivity contribution is -0.119. The number of hydrogen-bond acceptors (Lipinski definition) is 3. The van der Waals surface area contributed by atoms with Crippen LogP contribution in [0.15, 0.2) is 23.2 Å². The van der Waals surface area contributed by atoms with Crippen LogP contribution in [0.5, 0.6) is 5.75 Å². The molecule has 1 heterocycles. The fourth-order valence-corrected chi connectivity index (χ4v) is 3.09. The summed E-state index contributed by atoms with van der Waals surface area (Å²) in [7, 11) is 1.63. The largest absolute Gasteiger partial charge is 0.497 e. The Morgan fingerprint density at radius 3 is 3.05 bits per heavy atom. The van der Waals surface area contributed by atoms with Crippen molar-refractivity contribution < 1.29 is 9.53 Å². The van der Waals surface area contributed by atoms with Gasteiger partial charge in [0.2, 0.25) is 0 Å². The Morgan fingerprint density at radius 2 is 2.40 bits per heavy atom. The Hall–Kier alpha value is -2.06. The zero-order chi connectivity index (χ0) is 14.1. The van der Waals surface area contributed by atoms with Gasteiger partial charge in [0, 0.05) is 5.92 Å². The molecule has 1 aromatic carbocycles. The summed E-state index contributed by atoms with van der Waals surface area (Å²) in [4.78, 5) is 16.8. The smallest absolute Gasteiger partial charge is 0.251 e. The summed E-state index contributed by atoms with van der Waals surface area (Å²) >= 11 is 1.47. The van der Waals surface area contributed by atoms with E-state index in [9.17, 15) is 4.79 Å². The average molecular weight is 286 g/mol. The number of hydrogen-bond donors (Lipinski definition) is 0. The van der Waals surface area contributed by atoms with Gasteiger partial charge in [0.05, 0.1) is 23.9 Å². The minimum absolute atomic E-state index is 0.0331. The minimum atomic E-state index is -0.0331. The van der Waals surface area contributed by atoms with Gasteiger partial charge in [-0.15, -0.1) is 6.42 Å². The standard InChI is InChI=1S/C15H14N2O2S/c1-3-8-17-12-7-6-11(19-2)9-13(12)20-15(17)16-14(18)10-4-5-10/h1,6-7,9-10H,4-5,8H2,2H3. The first-order chi connectivity index (χ1) is 9.72.